The van der Waals surface area contributed by atoms with E-state index in [1.54, 1.807) is 11.3 Å². The van der Waals surface area contributed by atoms with E-state index in [2.05, 4.69) is 17.0 Å². The molecule has 0 unspecified atom stereocenters. The number of thiophene rings is 1. The molecule has 0 saturated carbocycles. The minimum atomic E-state index is 0.612. The van der Waals surface area contributed by atoms with Gasteiger partial charge in [-0.3, -0.25) is 4.90 Å². The number of hydrogen-bond donors (Lipinski definition) is 0. The van der Waals surface area contributed by atoms with Gasteiger partial charge < -0.3 is 14.2 Å². The van der Waals surface area contributed by atoms with E-state index in [0.29, 0.717) is 11.6 Å². The van der Waals surface area contributed by atoms with E-state index in [4.69, 9.17) is 25.8 Å². The lowest BCUT2D eigenvalue weighted by atomic mass is 10.0. The van der Waals surface area contributed by atoms with Crippen molar-refractivity contribution in [2.45, 2.75) is 6.61 Å². The van der Waals surface area contributed by atoms with E-state index in [0.717, 1.165) is 62.1 Å². The van der Waals surface area contributed by atoms with Crippen LogP contribution in [0.4, 0.5) is 0 Å². The molecule has 0 aliphatic carbocycles. The second-order valence-corrected chi connectivity index (χ2v) is 8.77. The Hall–Kier alpha value is -1.89. The van der Waals surface area contributed by atoms with E-state index in [1.165, 1.54) is 15.3 Å². The topological polar surface area (TPSA) is 30.9 Å². The van der Waals surface area contributed by atoms with Gasteiger partial charge in [-0.25, -0.2) is 0 Å². The van der Waals surface area contributed by atoms with Gasteiger partial charge >= 0.3 is 0 Å². The zero-order chi connectivity index (χ0) is 19.6. The Morgan fingerprint density at radius 3 is 2.69 bits per heavy atom. The Labute approximate surface area is 179 Å². The zero-order valence-corrected chi connectivity index (χ0v) is 17.6. The van der Waals surface area contributed by atoms with Crippen LogP contribution in [0.2, 0.25) is 5.02 Å². The Balaban J connectivity index is 1.39. The molecule has 1 aromatic heterocycles. The summed E-state index contributed by atoms with van der Waals surface area (Å²) in [5, 5.41) is 0.709. The van der Waals surface area contributed by atoms with Gasteiger partial charge in [-0.15, -0.1) is 11.3 Å². The lowest BCUT2D eigenvalue weighted by Gasteiger charge is -2.26. The van der Waals surface area contributed by atoms with E-state index in [9.17, 15) is 0 Å². The first-order valence-corrected chi connectivity index (χ1v) is 11.0. The maximum absolute atomic E-state index is 6.30. The smallest absolute Gasteiger partial charge is 0.136 e. The molecule has 2 aliphatic rings. The molecule has 6 heteroatoms. The quantitative estimate of drug-likeness (QED) is 0.383. The first kappa shape index (κ1) is 19.1. The van der Waals surface area contributed by atoms with E-state index in [1.807, 2.05) is 36.4 Å². The fourth-order valence-corrected chi connectivity index (χ4v) is 5.07. The van der Waals surface area contributed by atoms with Crippen LogP contribution < -0.4 is 4.74 Å². The number of ether oxygens (including phenoxy) is 3. The van der Waals surface area contributed by atoms with Crippen LogP contribution >= 0.6 is 22.9 Å². The third-order valence-corrected chi connectivity index (χ3v) is 6.64. The first-order valence-electron chi connectivity index (χ1n) is 9.86. The molecule has 0 N–H and O–H groups in total. The summed E-state index contributed by atoms with van der Waals surface area (Å²) < 4.78 is 17.6. The second kappa shape index (κ2) is 8.46. The second-order valence-electron chi connectivity index (χ2n) is 7.20. The molecule has 0 atom stereocenters. The normalized spacial score (nSPS) is 15.8. The first-order chi connectivity index (χ1) is 14.3. The molecule has 1 fully saturated rings. The number of halogens is 1. The minimum Gasteiger partial charge on any atom is -0.456 e. The summed E-state index contributed by atoms with van der Waals surface area (Å²) in [6.45, 7) is 5.91. The molecule has 0 amide bonds. The van der Waals surface area contributed by atoms with Crippen LogP contribution in [0, 0.1) is 0 Å². The van der Waals surface area contributed by atoms with Crippen molar-refractivity contribution in [1.82, 2.24) is 4.90 Å². The highest BCUT2D eigenvalue weighted by Gasteiger charge is 2.23. The number of morpholine rings is 1. The van der Waals surface area contributed by atoms with E-state index in [-0.39, 0.29) is 0 Å². The van der Waals surface area contributed by atoms with Gasteiger partial charge in [-0.05, 0) is 30.3 Å². The molecule has 0 radical (unpaired) electrons. The van der Waals surface area contributed by atoms with Crippen LogP contribution in [0.25, 0.3) is 21.6 Å². The van der Waals surface area contributed by atoms with Crippen LogP contribution in [0.15, 0.2) is 48.5 Å². The number of fused-ring (bicyclic) bond motifs is 5. The molecule has 2 aromatic carbocycles. The number of hydrogen-bond acceptors (Lipinski definition) is 5. The average molecular weight is 428 g/mol. The van der Waals surface area contributed by atoms with Crippen molar-refractivity contribution < 1.29 is 14.2 Å². The molecule has 3 heterocycles. The van der Waals surface area contributed by atoms with Crippen LogP contribution in [0.5, 0.6) is 11.5 Å². The highest BCUT2D eigenvalue weighted by Crippen LogP contribution is 2.50. The molecule has 3 aromatic rings. The Kier molecular flexibility index (Phi) is 5.57. The monoisotopic (exact) mass is 427 g/mol. The molecule has 150 valence electrons. The van der Waals surface area contributed by atoms with Gasteiger partial charge in [0.2, 0.25) is 0 Å². The van der Waals surface area contributed by atoms with Crippen molar-refractivity contribution >= 4 is 22.9 Å². The van der Waals surface area contributed by atoms with Crippen LogP contribution in [-0.2, 0) is 16.1 Å². The van der Waals surface area contributed by atoms with Crippen molar-refractivity contribution in [3.05, 3.63) is 58.4 Å². The maximum atomic E-state index is 6.30. The maximum Gasteiger partial charge on any atom is 0.136 e. The van der Waals surface area contributed by atoms with Gasteiger partial charge in [0, 0.05) is 51.1 Å². The summed E-state index contributed by atoms with van der Waals surface area (Å²) in [6.07, 6.45) is 0. The summed E-state index contributed by atoms with van der Waals surface area (Å²) in [6, 6.07) is 16.2. The van der Waals surface area contributed by atoms with Crippen LogP contribution in [-0.4, -0.2) is 44.4 Å². The van der Waals surface area contributed by atoms with Gasteiger partial charge in [-0.1, -0.05) is 29.8 Å². The Bertz CT molecular complexity index is 1010. The number of nitrogens with zero attached hydrogens (tertiary/aromatic N) is 1. The fraction of sp³-hybridized carbons (Fsp3) is 0.304. The van der Waals surface area contributed by atoms with Crippen molar-refractivity contribution in [2.24, 2.45) is 0 Å². The predicted octanol–water partition coefficient (Wildman–Crippen LogP) is 5.69. The highest BCUT2D eigenvalue weighted by molar-refractivity contribution is 7.16. The minimum absolute atomic E-state index is 0.612. The lowest BCUT2D eigenvalue weighted by molar-refractivity contribution is 0.0183. The molecular weight excluding hydrogens is 406 g/mol. The third kappa shape index (κ3) is 4.06. The molecule has 1 saturated heterocycles. The van der Waals surface area contributed by atoms with Gasteiger partial charge in [0.1, 0.15) is 11.5 Å². The van der Waals surface area contributed by atoms with Crippen molar-refractivity contribution in [1.29, 1.82) is 0 Å². The zero-order valence-electron chi connectivity index (χ0n) is 16.0. The number of para-hydroxylation sites is 1. The van der Waals surface area contributed by atoms with Gasteiger partial charge in [-0.2, -0.15) is 0 Å². The average Bonchev–Trinajstić information content (AvgIpc) is 3.12. The molecule has 29 heavy (non-hydrogen) atoms. The SMILES string of the molecule is Clc1ccc2c(c1)-c1sc(COCCN3CCOCC3)cc1-c1ccccc1O2. The summed E-state index contributed by atoms with van der Waals surface area (Å²) in [7, 11) is 0. The Morgan fingerprint density at radius 2 is 1.79 bits per heavy atom. The van der Waals surface area contributed by atoms with E-state index < -0.39 is 0 Å². The van der Waals surface area contributed by atoms with Crippen molar-refractivity contribution in [3.8, 4) is 33.1 Å². The van der Waals surface area contributed by atoms with Gasteiger partial charge in [0.05, 0.1) is 26.4 Å². The Morgan fingerprint density at radius 1 is 0.966 bits per heavy atom. The molecule has 5 rings (SSSR count). The van der Waals surface area contributed by atoms with E-state index >= 15 is 0 Å². The summed E-state index contributed by atoms with van der Waals surface area (Å²) in [4.78, 5) is 4.78. The molecule has 0 spiro atoms. The van der Waals surface area contributed by atoms with Crippen molar-refractivity contribution in [2.75, 3.05) is 39.5 Å². The molecule has 0 bridgehead atoms. The van der Waals surface area contributed by atoms with Gasteiger partial charge in [0.25, 0.3) is 0 Å². The molecule has 4 nitrogen and oxygen atoms in total. The fourth-order valence-electron chi connectivity index (χ4n) is 3.77. The molecule has 2 aliphatic heterocycles. The summed E-state index contributed by atoms with van der Waals surface area (Å²) in [5.41, 5.74) is 3.32. The predicted molar refractivity (Wildman–Crippen MR) is 117 cm³/mol. The van der Waals surface area contributed by atoms with Crippen LogP contribution in [0.1, 0.15) is 4.88 Å². The largest absolute Gasteiger partial charge is 0.456 e. The summed E-state index contributed by atoms with van der Waals surface area (Å²) >= 11 is 8.05. The van der Waals surface area contributed by atoms with Crippen LogP contribution in [0.3, 0.4) is 0 Å². The third-order valence-electron chi connectivity index (χ3n) is 5.27. The summed E-state index contributed by atoms with van der Waals surface area (Å²) in [5.74, 6) is 1.70. The van der Waals surface area contributed by atoms with Crippen molar-refractivity contribution in [3.63, 3.8) is 0 Å². The lowest BCUT2D eigenvalue weighted by Crippen LogP contribution is -2.38. The van der Waals surface area contributed by atoms with Gasteiger partial charge in [0.15, 0.2) is 0 Å². The highest BCUT2D eigenvalue weighted by atomic mass is 35.5. The standard InChI is InChI=1S/C23H22ClNO3S/c24-16-5-6-22-20(13-16)23-19(18-3-1-2-4-21(18)28-22)14-17(29-23)15-27-12-9-25-7-10-26-11-8-25/h1-6,13-14H,7-12,15H2. The number of rotatable bonds is 5. The molecular formula is C23H22ClNO3S. The number of benzene rings is 2.